The van der Waals surface area contributed by atoms with E-state index in [2.05, 4.69) is 46.7 Å². The molecule has 0 saturated carbocycles. The SMILES string of the molecule is CCCCCCCCC(COC)(CN(C)C)C(C)(C)C. The molecule has 1 atom stereocenters. The Labute approximate surface area is 128 Å². The van der Waals surface area contributed by atoms with E-state index in [9.17, 15) is 0 Å². The number of hydrogen-bond acceptors (Lipinski definition) is 2. The highest BCUT2D eigenvalue weighted by Gasteiger charge is 2.41. The first kappa shape index (κ1) is 19.9. The monoisotopic (exact) mass is 285 g/mol. The average Bonchev–Trinajstić information content (AvgIpc) is 2.31. The molecule has 0 N–H and O–H groups in total. The molecule has 0 heterocycles. The third-order valence-electron chi connectivity index (χ3n) is 4.64. The summed E-state index contributed by atoms with van der Waals surface area (Å²) in [5, 5.41) is 0. The van der Waals surface area contributed by atoms with E-state index in [1.54, 1.807) is 0 Å². The highest BCUT2D eigenvalue weighted by atomic mass is 16.5. The molecular weight excluding hydrogens is 246 g/mol. The van der Waals surface area contributed by atoms with E-state index in [1.165, 1.54) is 44.9 Å². The molecule has 0 rings (SSSR count). The van der Waals surface area contributed by atoms with Gasteiger partial charge in [-0.2, -0.15) is 0 Å². The zero-order chi connectivity index (χ0) is 15.6. The maximum atomic E-state index is 5.60. The molecule has 0 amide bonds. The summed E-state index contributed by atoms with van der Waals surface area (Å²) in [7, 11) is 6.20. The Kier molecular flexibility index (Phi) is 9.74. The van der Waals surface area contributed by atoms with Crippen LogP contribution in [-0.2, 0) is 4.74 Å². The lowest BCUT2D eigenvalue weighted by Gasteiger charge is -2.46. The van der Waals surface area contributed by atoms with Crippen molar-refractivity contribution < 1.29 is 4.74 Å². The first-order chi connectivity index (χ1) is 9.29. The molecule has 0 saturated heterocycles. The molecule has 0 fully saturated rings. The van der Waals surface area contributed by atoms with Crippen LogP contribution in [0.4, 0.5) is 0 Å². The standard InChI is InChI=1S/C18H39NO/c1-8-9-10-11-12-13-14-18(16-20-7,15-19(5)6)17(2,3)4/h8-16H2,1-7H3. The van der Waals surface area contributed by atoms with Crippen molar-refractivity contribution >= 4 is 0 Å². The Morgan fingerprint density at radius 3 is 1.90 bits per heavy atom. The van der Waals surface area contributed by atoms with Crippen LogP contribution in [0.5, 0.6) is 0 Å². The van der Waals surface area contributed by atoms with Gasteiger partial charge in [0.05, 0.1) is 6.61 Å². The lowest BCUT2D eigenvalue weighted by atomic mass is 9.64. The van der Waals surface area contributed by atoms with Crippen molar-refractivity contribution in [1.29, 1.82) is 0 Å². The van der Waals surface area contributed by atoms with Gasteiger partial charge >= 0.3 is 0 Å². The molecule has 2 heteroatoms. The second-order valence-corrected chi connectivity index (χ2v) is 7.72. The summed E-state index contributed by atoms with van der Waals surface area (Å²) in [6.45, 7) is 11.4. The quantitative estimate of drug-likeness (QED) is 0.497. The van der Waals surface area contributed by atoms with Crippen LogP contribution < -0.4 is 0 Å². The summed E-state index contributed by atoms with van der Waals surface area (Å²) in [4.78, 5) is 2.32. The minimum Gasteiger partial charge on any atom is -0.384 e. The van der Waals surface area contributed by atoms with Crippen LogP contribution >= 0.6 is 0 Å². The summed E-state index contributed by atoms with van der Waals surface area (Å²) in [5.41, 5.74) is 0.534. The van der Waals surface area contributed by atoms with E-state index in [1.807, 2.05) is 7.11 Å². The largest absolute Gasteiger partial charge is 0.384 e. The van der Waals surface area contributed by atoms with Gasteiger partial charge < -0.3 is 9.64 Å². The zero-order valence-electron chi connectivity index (χ0n) is 15.2. The number of hydrogen-bond donors (Lipinski definition) is 0. The van der Waals surface area contributed by atoms with Crippen LogP contribution in [0.3, 0.4) is 0 Å². The van der Waals surface area contributed by atoms with Crippen molar-refractivity contribution in [3.05, 3.63) is 0 Å². The number of ether oxygens (including phenoxy) is 1. The first-order valence-corrected chi connectivity index (χ1v) is 8.43. The molecule has 0 bridgehead atoms. The molecule has 0 aromatic heterocycles. The van der Waals surface area contributed by atoms with Crippen LogP contribution in [-0.4, -0.2) is 39.3 Å². The number of methoxy groups -OCH3 is 1. The van der Waals surface area contributed by atoms with Crippen molar-refractivity contribution in [1.82, 2.24) is 4.90 Å². The Bertz CT molecular complexity index is 232. The van der Waals surface area contributed by atoms with Crippen molar-refractivity contribution in [2.24, 2.45) is 10.8 Å². The summed E-state index contributed by atoms with van der Waals surface area (Å²) < 4.78 is 5.60. The minimum atomic E-state index is 0.260. The maximum absolute atomic E-state index is 5.60. The predicted octanol–water partition coefficient (Wildman–Crippen LogP) is 4.98. The molecule has 2 nitrogen and oxygen atoms in total. The third-order valence-corrected chi connectivity index (χ3v) is 4.64. The predicted molar refractivity (Wildman–Crippen MR) is 90.3 cm³/mol. The number of rotatable bonds is 11. The molecule has 1 unspecified atom stereocenters. The Balaban J connectivity index is 4.51. The van der Waals surface area contributed by atoms with Crippen molar-refractivity contribution in [3.8, 4) is 0 Å². The summed E-state index contributed by atoms with van der Waals surface area (Å²) in [6.07, 6.45) is 9.48. The van der Waals surface area contributed by atoms with Crippen LogP contribution in [0.1, 0.15) is 72.6 Å². The van der Waals surface area contributed by atoms with Gasteiger partial charge in [-0.05, 0) is 25.9 Å². The third kappa shape index (κ3) is 7.08. The van der Waals surface area contributed by atoms with E-state index in [-0.39, 0.29) is 10.8 Å². The summed E-state index contributed by atoms with van der Waals surface area (Å²) in [5.74, 6) is 0. The molecule has 0 radical (unpaired) electrons. The molecule has 0 spiro atoms. The van der Waals surface area contributed by atoms with E-state index in [4.69, 9.17) is 4.74 Å². The first-order valence-electron chi connectivity index (χ1n) is 8.43. The normalized spacial score (nSPS) is 15.6. The van der Waals surface area contributed by atoms with Crippen LogP contribution in [0.2, 0.25) is 0 Å². The zero-order valence-corrected chi connectivity index (χ0v) is 15.2. The summed E-state index contributed by atoms with van der Waals surface area (Å²) >= 11 is 0. The van der Waals surface area contributed by atoms with Gasteiger partial charge in [0.2, 0.25) is 0 Å². The van der Waals surface area contributed by atoms with E-state index >= 15 is 0 Å². The highest BCUT2D eigenvalue weighted by molar-refractivity contribution is 4.92. The molecule has 0 aromatic rings. The van der Waals surface area contributed by atoms with Crippen LogP contribution in [0.15, 0.2) is 0 Å². The van der Waals surface area contributed by atoms with Crippen molar-refractivity contribution in [2.75, 3.05) is 34.4 Å². The minimum absolute atomic E-state index is 0.260. The fourth-order valence-electron chi connectivity index (χ4n) is 3.15. The van der Waals surface area contributed by atoms with E-state index in [0.717, 1.165) is 13.2 Å². The van der Waals surface area contributed by atoms with Crippen molar-refractivity contribution in [3.63, 3.8) is 0 Å². The molecule has 20 heavy (non-hydrogen) atoms. The van der Waals surface area contributed by atoms with E-state index in [0.29, 0.717) is 0 Å². The van der Waals surface area contributed by atoms with Gasteiger partial charge in [0.25, 0.3) is 0 Å². The lowest BCUT2D eigenvalue weighted by molar-refractivity contribution is -0.0326. The Hall–Kier alpha value is -0.0800. The fourth-order valence-corrected chi connectivity index (χ4v) is 3.15. The molecule has 0 aliphatic carbocycles. The van der Waals surface area contributed by atoms with Gasteiger partial charge in [-0.25, -0.2) is 0 Å². The van der Waals surface area contributed by atoms with Crippen LogP contribution in [0, 0.1) is 10.8 Å². The van der Waals surface area contributed by atoms with Gasteiger partial charge in [-0.15, -0.1) is 0 Å². The molecule has 0 aromatic carbocycles. The summed E-state index contributed by atoms with van der Waals surface area (Å²) in [6, 6.07) is 0. The maximum Gasteiger partial charge on any atom is 0.0535 e. The molecule has 122 valence electrons. The van der Waals surface area contributed by atoms with Gasteiger partial charge in [0.15, 0.2) is 0 Å². The average molecular weight is 286 g/mol. The van der Waals surface area contributed by atoms with Gasteiger partial charge in [-0.1, -0.05) is 66.2 Å². The number of unbranched alkanes of at least 4 members (excludes halogenated alkanes) is 5. The van der Waals surface area contributed by atoms with Crippen LogP contribution in [0.25, 0.3) is 0 Å². The molecular formula is C18H39NO. The Morgan fingerprint density at radius 2 is 1.45 bits per heavy atom. The van der Waals surface area contributed by atoms with E-state index < -0.39 is 0 Å². The molecule has 0 aliphatic heterocycles. The Morgan fingerprint density at radius 1 is 0.900 bits per heavy atom. The lowest BCUT2D eigenvalue weighted by Crippen LogP contribution is -2.47. The second kappa shape index (κ2) is 9.78. The van der Waals surface area contributed by atoms with Gasteiger partial charge in [-0.3, -0.25) is 0 Å². The van der Waals surface area contributed by atoms with Crippen molar-refractivity contribution in [2.45, 2.75) is 72.6 Å². The fraction of sp³-hybridized carbons (Fsp3) is 1.00. The highest BCUT2D eigenvalue weighted by Crippen LogP contribution is 2.43. The van der Waals surface area contributed by atoms with Gasteiger partial charge in [0.1, 0.15) is 0 Å². The van der Waals surface area contributed by atoms with Gasteiger partial charge in [0, 0.05) is 19.1 Å². The smallest absolute Gasteiger partial charge is 0.0535 e. The molecule has 0 aliphatic rings. The topological polar surface area (TPSA) is 12.5 Å². The number of nitrogens with zero attached hydrogens (tertiary/aromatic N) is 1. The second-order valence-electron chi connectivity index (χ2n) is 7.72.